The van der Waals surface area contributed by atoms with E-state index in [4.69, 9.17) is 14.2 Å². The molecule has 6 nitrogen and oxygen atoms in total. The highest BCUT2D eigenvalue weighted by atomic mass is 19.4. The molecule has 0 aliphatic heterocycles. The van der Waals surface area contributed by atoms with Gasteiger partial charge >= 0.3 is 12.3 Å². The number of nitrogens with one attached hydrogen (secondary N) is 1. The first-order chi connectivity index (χ1) is 14.4. The molecule has 0 saturated carbocycles. The molecule has 0 aliphatic carbocycles. The number of carbonyl (C=O) groups excluding carboxylic acids is 2. The summed E-state index contributed by atoms with van der Waals surface area (Å²) in [6, 6.07) is 12.5. The third-order valence-corrected chi connectivity index (χ3v) is 4.13. The summed E-state index contributed by atoms with van der Waals surface area (Å²) in [6.07, 6.45) is -7.85. The molecule has 0 spiro atoms. The molecule has 0 aliphatic rings. The van der Waals surface area contributed by atoms with E-state index in [0.717, 1.165) is 12.1 Å². The molecule has 0 bridgehead atoms. The number of rotatable bonds is 6. The summed E-state index contributed by atoms with van der Waals surface area (Å²) in [5, 5.41) is 2.39. The second-order valence-corrected chi connectivity index (χ2v) is 7.71. The third kappa shape index (κ3) is 6.37. The van der Waals surface area contributed by atoms with Crippen LogP contribution in [0.5, 0.6) is 5.75 Å². The minimum atomic E-state index is -5.11. The van der Waals surface area contributed by atoms with Crippen molar-refractivity contribution in [2.75, 3.05) is 12.4 Å². The molecule has 1 atom stereocenters. The van der Waals surface area contributed by atoms with Crippen LogP contribution in [-0.4, -0.2) is 30.9 Å². The van der Waals surface area contributed by atoms with Crippen molar-refractivity contribution in [3.05, 3.63) is 60.2 Å². The Hall–Kier alpha value is -3.23. The molecule has 0 radical (unpaired) electrons. The van der Waals surface area contributed by atoms with Gasteiger partial charge in [0.15, 0.2) is 0 Å². The predicted molar refractivity (Wildman–Crippen MR) is 108 cm³/mol. The average molecular weight is 439 g/mol. The summed E-state index contributed by atoms with van der Waals surface area (Å²) >= 11 is 0. The molecule has 2 aromatic rings. The Kier molecular flexibility index (Phi) is 7.20. The van der Waals surface area contributed by atoms with Gasteiger partial charge in [-0.25, -0.2) is 4.79 Å². The van der Waals surface area contributed by atoms with Crippen molar-refractivity contribution in [1.29, 1.82) is 0 Å². The van der Waals surface area contributed by atoms with Crippen molar-refractivity contribution < 1.29 is 37.0 Å². The van der Waals surface area contributed by atoms with E-state index >= 15 is 0 Å². The fraction of sp³-hybridized carbons (Fsp3) is 0.364. The van der Waals surface area contributed by atoms with Crippen LogP contribution in [0.15, 0.2) is 54.6 Å². The van der Waals surface area contributed by atoms with Crippen LogP contribution in [0.2, 0.25) is 0 Å². The summed E-state index contributed by atoms with van der Waals surface area (Å²) in [5.74, 6) is -0.491. The van der Waals surface area contributed by atoms with Crippen molar-refractivity contribution in [3.63, 3.8) is 0 Å². The quantitative estimate of drug-likeness (QED) is 0.608. The minimum Gasteiger partial charge on any atom is -0.497 e. The number of anilines is 1. The number of alkyl halides is 3. The van der Waals surface area contributed by atoms with E-state index in [9.17, 15) is 22.8 Å². The number of carbonyl (C=O) groups is 2. The van der Waals surface area contributed by atoms with Crippen LogP contribution in [0.3, 0.4) is 0 Å². The number of ether oxygens (including phenoxy) is 3. The molecular weight excluding hydrogens is 415 g/mol. The molecule has 9 heteroatoms. The fourth-order valence-corrected chi connectivity index (χ4v) is 2.74. The van der Waals surface area contributed by atoms with Crippen LogP contribution in [0.1, 0.15) is 32.8 Å². The summed E-state index contributed by atoms with van der Waals surface area (Å²) in [6.45, 7) is 4.47. The highest BCUT2D eigenvalue weighted by molar-refractivity contribution is 5.91. The average Bonchev–Trinajstić information content (AvgIpc) is 2.66. The molecular formula is C22H24F3NO5. The summed E-state index contributed by atoms with van der Waals surface area (Å²) in [5.41, 5.74) is -4.48. The largest absolute Gasteiger partial charge is 0.510 e. The zero-order valence-corrected chi connectivity index (χ0v) is 17.6. The molecule has 31 heavy (non-hydrogen) atoms. The Morgan fingerprint density at radius 2 is 1.48 bits per heavy atom. The van der Waals surface area contributed by atoms with Crippen molar-refractivity contribution in [2.24, 2.45) is 0 Å². The van der Waals surface area contributed by atoms with Gasteiger partial charge in [-0.15, -0.1) is 0 Å². The number of methoxy groups -OCH3 is 1. The lowest BCUT2D eigenvalue weighted by atomic mass is 9.88. The van der Waals surface area contributed by atoms with E-state index < -0.39 is 41.4 Å². The fourth-order valence-electron chi connectivity index (χ4n) is 2.74. The normalized spacial score (nSPS) is 13.6. The van der Waals surface area contributed by atoms with Crippen LogP contribution >= 0.6 is 0 Å². The standard InChI is InChI=1S/C22H24F3NO5/c1-20(2,3)30-19(28)31-21(22(23,24)25,15-8-6-5-7-9-15)14-18(27)26-16-10-12-17(29-4)13-11-16/h5-13H,14H2,1-4H3,(H,26,27). The predicted octanol–water partition coefficient (Wildman–Crippen LogP) is 5.43. The van der Waals surface area contributed by atoms with Gasteiger partial charge in [-0.1, -0.05) is 30.3 Å². The first kappa shape index (κ1) is 24.0. The van der Waals surface area contributed by atoms with Gasteiger partial charge in [-0.2, -0.15) is 13.2 Å². The molecule has 1 N–H and O–H groups in total. The zero-order valence-electron chi connectivity index (χ0n) is 17.6. The SMILES string of the molecule is COc1ccc(NC(=O)CC(OC(=O)OC(C)(C)C)(c2ccccc2)C(F)(F)F)cc1. The lowest BCUT2D eigenvalue weighted by Crippen LogP contribution is -2.49. The lowest BCUT2D eigenvalue weighted by Gasteiger charge is -2.35. The molecule has 0 aromatic heterocycles. The van der Waals surface area contributed by atoms with Crippen molar-refractivity contribution in [3.8, 4) is 5.75 Å². The topological polar surface area (TPSA) is 73.9 Å². The molecule has 0 heterocycles. The number of amides is 1. The van der Waals surface area contributed by atoms with Crippen LogP contribution in [0.25, 0.3) is 0 Å². The van der Waals surface area contributed by atoms with E-state index in [1.54, 1.807) is 12.1 Å². The van der Waals surface area contributed by atoms with Gasteiger partial charge in [-0.3, -0.25) is 4.79 Å². The molecule has 0 saturated heterocycles. The van der Waals surface area contributed by atoms with Gasteiger partial charge in [0, 0.05) is 11.3 Å². The van der Waals surface area contributed by atoms with Crippen LogP contribution in [-0.2, 0) is 19.9 Å². The smallest absolute Gasteiger partial charge is 0.497 e. The Morgan fingerprint density at radius 1 is 0.903 bits per heavy atom. The van der Waals surface area contributed by atoms with E-state index in [1.807, 2.05) is 0 Å². The second-order valence-electron chi connectivity index (χ2n) is 7.71. The Morgan fingerprint density at radius 3 is 1.97 bits per heavy atom. The monoisotopic (exact) mass is 439 g/mol. The molecule has 1 unspecified atom stereocenters. The molecule has 2 rings (SSSR count). The second kappa shape index (κ2) is 9.28. The minimum absolute atomic E-state index is 0.257. The molecule has 2 aromatic carbocycles. The number of hydrogen-bond acceptors (Lipinski definition) is 5. The molecule has 0 fully saturated rings. The van der Waals surface area contributed by atoms with Gasteiger partial charge in [0.05, 0.1) is 13.5 Å². The molecule has 1 amide bonds. The number of benzene rings is 2. The van der Waals surface area contributed by atoms with Crippen molar-refractivity contribution in [2.45, 2.75) is 44.6 Å². The van der Waals surface area contributed by atoms with Gasteiger partial charge in [0.1, 0.15) is 11.4 Å². The summed E-state index contributed by atoms with van der Waals surface area (Å²) in [4.78, 5) is 24.8. The Labute approximate surface area is 178 Å². The number of hydrogen-bond donors (Lipinski definition) is 1. The first-order valence-corrected chi connectivity index (χ1v) is 9.34. The number of halogens is 3. The van der Waals surface area contributed by atoms with Gasteiger partial charge in [0.25, 0.3) is 0 Å². The van der Waals surface area contributed by atoms with Crippen LogP contribution < -0.4 is 10.1 Å². The Balaban J connectivity index is 2.39. The van der Waals surface area contributed by atoms with Gasteiger partial charge < -0.3 is 19.5 Å². The van der Waals surface area contributed by atoms with E-state index in [2.05, 4.69) is 5.32 Å². The van der Waals surface area contributed by atoms with E-state index in [0.29, 0.717) is 5.75 Å². The maximum Gasteiger partial charge on any atom is 0.510 e. The van der Waals surface area contributed by atoms with E-state index in [1.165, 1.54) is 58.2 Å². The highest BCUT2D eigenvalue weighted by Crippen LogP contribution is 2.45. The summed E-state index contributed by atoms with van der Waals surface area (Å²) in [7, 11) is 1.46. The van der Waals surface area contributed by atoms with Crippen molar-refractivity contribution >= 4 is 17.7 Å². The maximum atomic E-state index is 14.3. The zero-order chi connectivity index (χ0) is 23.3. The first-order valence-electron chi connectivity index (χ1n) is 9.34. The lowest BCUT2D eigenvalue weighted by molar-refractivity contribution is -0.272. The summed E-state index contributed by atoms with van der Waals surface area (Å²) < 4.78 is 57.7. The van der Waals surface area contributed by atoms with Crippen LogP contribution in [0, 0.1) is 0 Å². The third-order valence-electron chi connectivity index (χ3n) is 4.13. The molecule has 168 valence electrons. The van der Waals surface area contributed by atoms with E-state index in [-0.39, 0.29) is 5.69 Å². The maximum absolute atomic E-state index is 14.3. The Bertz CT molecular complexity index is 892. The van der Waals surface area contributed by atoms with Crippen LogP contribution in [0.4, 0.5) is 23.7 Å². The van der Waals surface area contributed by atoms with Gasteiger partial charge in [0.2, 0.25) is 11.5 Å². The highest BCUT2D eigenvalue weighted by Gasteiger charge is 2.61. The van der Waals surface area contributed by atoms with Gasteiger partial charge in [-0.05, 0) is 45.0 Å². The van der Waals surface area contributed by atoms with Crippen molar-refractivity contribution in [1.82, 2.24) is 0 Å².